The Morgan fingerprint density at radius 2 is 1.47 bits per heavy atom. The third-order valence-corrected chi connectivity index (χ3v) is 5.25. The van der Waals surface area contributed by atoms with E-state index in [2.05, 4.69) is 54.1 Å². The summed E-state index contributed by atoms with van der Waals surface area (Å²) in [5, 5.41) is 28.4. The Kier molecular flexibility index (Phi) is 12.8. The highest BCUT2D eigenvalue weighted by molar-refractivity contribution is 5.70. The molecule has 0 aliphatic heterocycles. The van der Waals surface area contributed by atoms with E-state index in [1.807, 2.05) is 31.3 Å². The molecule has 7 nitrogen and oxygen atoms in total. The molecule has 2 aromatic rings. The average Bonchev–Trinajstić information content (AvgIpc) is 2.82. The highest BCUT2D eigenvalue weighted by atomic mass is 16.5. The Balaban J connectivity index is 1.93. The van der Waals surface area contributed by atoms with Gasteiger partial charge in [-0.1, -0.05) is 44.2 Å². The molecule has 7 heteroatoms. The van der Waals surface area contributed by atoms with Crippen LogP contribution in [0, 0.1) is 12.8 Å². The Bertz CT molecular complexity index is 824. The van der Waals surface area contributed by atoms with Crippen LogP contribution in [0.1, 0.15) is 37.1 Å². The third-order valence-electron chi connectivity index (χ3n) is 5.25. The minimum absolute atomic E-state index is 0.0971. The Morgan fingerprint density at radius 1 is 0.882 bits per heavy atom. The predicted molar refractivity (Wildman–Crippen MR) is 137 cm³/mol. The molecule has 0 aliphatic carbocycles. The molecule has 2 unspecified atom stereocenters. The van der Waals surface area contributed by atoms with Gasteiger partial charge in [-0.25, -0.2) is 0 Å². The number of pyridine rings is 1. The molecule has 2 rings (SSSR count). The van der Waals surface area contributed by atoms with Crippen molar-refractivity contribution in [2.45, 2.75) is 39.4 Å². The molecular formula is C27H40N2O5. The molecule has 0 saturated carbocycles. The van der Waals surface area contributed by atoms with E-state index in [0.29, 0.717) is 38.8 Å². The fourth-order valence-corrected chi connectivity index (χ4v) is 3.39. The first-order valence-electron chi connectivity index (χ1n) is 12.0. The van der Waals surface area contributed by atoms with Crippen LogP contribution >= 0.6 is 0 Å². The number of aromatic nitrogens is 1. The molecule has 0 fully saturated rings. The zero-order valence-corrected chi connectivity index (χ0v) is 20.6. The van der Waals surface area contributed by atoms with Gasteiger partial charge >= 0.3 is 0 Å². The zero-order valence-electron chi connectivity index (χ0n) is 20.6. The van der Waals surface area contributed by atoms with Gasteiger partial charge in [-0.15, -0.1) is 0 Å². The lowest BCUT2D eigenvalue weighted by Gasteiger charge is -2.25. The number of rotatable bonds is 16. The van der Waals surface area contributed by atoms with Gasteiger partial charge in [0, 0.05) is 30.7 Å². The maximum Gasteiger partial charge on any atom is 0.100 e. The van der Waals surface area contributed by atoms with E-state index >= 15 is 0 Å². The van der Waals surface area contributed by atoms with Crippen LogP contribution in [0.5, 0.6) is 0 Å². The van der Waals surface area contributed by atoms with E-state index in [1.165, 1.54) is 0 Å². The summed E-state index contributed by atoms with van der Waals surface area (Å²) in [7, 11) is 0. The van der Waals surface area contributed by atoms with Gasteiger partial charge < -0.3 is 29.7 Å². The number of aliphatic hydroxyl groups is 3. The summed E-state index contributed by atoms with van der Waals surface area (Å²) in [5.41, 5.74) is 4.16. The maximum atomic E-state index is 10.0. The van der Waals surface area contributed by atoms with Crippen LogP contribution < -0.4 is 4.90 Å². The van der Waals surface area contributed by atoms with Crippen molar-refractivity contribution in [3.8, 4) is 0 Å². The van der Waals surface area contributed by atoms with Crippen LogP contribution in [0.2, 0.25) is 0 Å². The molecule has 1 aromatic heterocycles. The molecule has 0 spiro atoms. The molecule has 2 atom stereocenters. The second-order valence-electron chi connectivity index (χ2n) is 8.91. The van der Waals surface area contributed by atoms with Crippen molar-refractivity contribution < 1.29 is 24.8 Å². The fourth-order valence-electron chi connectivity index (χ4n) is 3.39. The molecule has 3 N–H and O–H groups in total. The first-order chi connectivity index (χ1) is 16.4. The molecule has 0 radical (unpaired) electrons. The first-order valence-corrected chi connectivity index (χ1v) is 12.0. The summed E-state index contributed by atoms with van der Waals surface area (Å²) in [4.78, 5) is 6.46. The lowest BCUT2D eigenvalue weighted by molar-refractivity contribution is 0.00762. The smallest absolute Gasteiger partial charge is 0.100 e. The lowest BCUT2D eigenvalue weighted by atomic mass is 10.1. The fraction of sp³-hybridized carbons (Fsp3) is 0.519. The van der Waals surface area contributed by atoms with Gasteiger partial charge in [-0.2, -0.15) is 0 Å². The van der Waals surface area contributed by atoms with Gasteiger partial charge in [0.15, 0.2) is 0 Å². The van der Waals surface area contributed by atoms with Crippen LogP contribution in [0.25, 0.3) is 12.2 Å². The number of hydrogen-bond donors (Lipinski definition) is 3. The highest BCUT2D eigenvalue weighted by Gasteiger charge is 2.10. The summed E-state index contributed by atoms with van der Waals surface area (Å²) in [6.45, 7) is 8.38. The van der Waals surface area contributed by atoms with E-state index in [-0.39, 0.29) is 13.2 Å². The van der Waals surface area contributed by atoms with E-state index in [0.717, 1.165) is 28.9 Å². The van der Waals surface area contributed by atoms with Crippen molar-refractivity contribution in [1.82, 2.24) is 4.98 Å². The predicted octanol–water partition coefficient (Wildman–Crippen LogP) is 3.16. The van der Waals surface area contributed by atoms with Crippen molar-refractivity contribution in [2.75, 3.05) is 51.0 Å². The molecule has 0 amide bonds. The van der Waals surface area contributed by atoms with Crippen molar-refractivity contribution >= 4 is 17.8 Å². The molecule has 0 saturated heterocycles. The van der Waals surface area contributed by atoms with Crippen molar-refractivity contribution in [2.24, 2.45) is 5.92 Å². The summed E-state index contributed by atoms with van der Waals surface area (Å²) in [6, 6.07) is 12.3. The van der Waals surface area contributed by atoms with E-state index in [9.17, 15) is 10.2 Å². The topological polar surface area (TPSA) is 95.3 Å². The van der Waals surface area contributed by atoms with Gasteiger partial charge in [0.05, 0.1) is 39.1 Å². The molecule has 1 aromatic carbocycles. The number of aliphatic hydroxyl groups excluding tert-OH is 3. The normalized spacial score (nSPS) is 13.5. The van der Waals surface area contributed by atoms with Gasteiger partial charge in [0.2, 0.25) is 0 Å². The Morgan fingerprint density at radius 3 is 2.03 bits per heavy atom. The maximum absolute atomic E-state index is 10.0. The minimum Gasteiger partial charge on any atom is -0.394 e. The Labute approximate surface area is 203 Å². The summed E-state index contributed by atoms with van der Waals surface area (Å²) in [5.74, 6) is 0.427. The quantitative estimate of drug-likeness (QED) is 0.323. The van der Waals surface area contributed by atoms with Crippen LogP contribution in [0.3, 0.4) is 0 Å². The largest absolute Gasteiger partial charge is 0.394 e. The van der Waals surface area contributed by atoms with Gasteiger partial charge in [-0.05, 0) is 48.6 Å². The average molecular weight is 473 g/mol. The Hall–Kier alpha value is -2.29. The van der Waals surface area contributed by atoms with Gasteiger partial charge in [0.25, 0.3) is 0 Å². The number of ether oxygens (including phenoxy) is 2. The number of aryl methyl sites for hydroxylation is 1. The van der Waals surface area contributed by atoms with Crippen LogP contribution in [0.4, 0.5) is 5.69 Å². The van der Waals surface area contributed by atoms with E-state index in [4.69, 9.17) is 14.6 Å². The summed E-state index contributed by atoms with van der Waals surface area (Å²) in [6.07, 6.45) is 5.35. The van der Waals surface area contributed by atoms with E-state index < -0.39 is 12.2 Å². The standard InChI is InChI=1S/C27H40N2O5/c1-21(2)16-26(31)19-33-14-12-29(13-15-34-20-27(32)18-30)25-10-8-23(9-11-25)6-7-24-5-4-22(3)28-17-24/h4-11,17,21,26-27,30-32H,12-16,18-20H2,1-3H3/b7-6+. The number of nitrogens with zero attached hydrogens (tertiary/aromatic N) is 2. The minimum atomic E-state index is -0.867. The molecule has 0 aliphatic rings. The molecule has 0 bridgehead atoms. The monoisotopic (exact) mass is 472 g/mol. The SMILES string of the molecule is Cc1ccc(/C=C/c2ccc(N(CCOCC(O)CO)CCOCC(O)CC(C)C)cc2)cn1. The van der Waals surface area contributed by atoms with Crippen LogP contribution in [-0.2, 0) is 9.47 Å². The second kappa shape index (κ2) is 15.6. The third kappa shape index (κ3) is 11.2. The van der Waals surface area contributed by atoms with Crippen molar-refractivity contribution in [3.05, 3.63) is 59.4 Å². The highest BCUT2D eigenvalue weighted by Crippen LogP contribution is 2.17. The van der Waals surface area contributed by atoms with Crippen LogP contribution in [0.15, 0.2) is 42.6 Å². The second-order valence-corrected chi connectivity index (χ2v) is 8.91. The molecule has 188 valence electrons. The van der Waals surface area contributed by atoms with Crippen molar-refractivity contribution in [3.63, 3.8) is 0 Å². The van der Waals surface area contributed by atoms with Gasteiger partial charge in [-0.3, -0.25) is 4.98 Å². The molecule has 1 heterocycles. The summed E-state index contributed by atoms with van der Waals surface area (Å²) < 4.78 is 11.2. The lowest BCUT2D eigenvalue weighted by Crippen LogP contribution is -2.32. The number of benzene rings is 1. The van der Waals surface area contributed by atoms with E-state index in [1.54, 1.807) is 0 Å². The molecular weight excluding hydrogens is 432 g/mol. The summed E-state index contributed by atoms with van der Waals surface area (Å²) >= 11 is 0. The van der Waals surface area contributed by atoms with Gasteiger partial charge in [0.1, 0.15) is 6.10 Å². The zero-order chi connectivity index (χ0) is 24.8. The van der Waals surface area contributed by atoms with Crippen molar-refractivity contribution in [1.29, 1.82) is 0 Å². The first kappa shape index (κ1) is 28.0. The number of hydrogen-bond acceptors (Lipinski definition) is 7. The molecule has 34 heavy (non-hydrogen) atoms. The number of anilines is 1. The van der Waals surface area contributed by atoms with Crippen LogP contribution in [-0.4, -0.2) is 78.6 Å².